The summed E-state index contributed by atoms with van der Waals surface area (Å²) in [4.78, 5) is 0.853. The van der Waals surface area contributed by atoms with Gasteiger partial charge in [0, 0.05) is 4.83 Å². The van der Waals surface area contributed by atoms with Crippen molar-refractivity contribution in [3.8, 4) is 0 Å². The molecule has 0 spiro atoms. The number of alkyl halides is 1. The molecule has 9 aliphatic rings. The Bertz CT molecular complexity index is 1810. The van der Waals surface area contributed by atoms with Crippen molar-refractivity contribution < 1.29 is 62.5 Å². The molecular weight excluding hydrogens is 1550 g/mol. The maximum absolute atomic E-state index is 4.93. The van der Waals surface area contributed by atoms with Crippen molar-refractivity contribution >= 4 is 79.2 Å². The molecule has 2 aromatic carbocycles. The number of halogens is 7. The summed E-state index contributed by atoms with van der Waals surface area (Å²) in [5.41, 5.74) is 2.70. The van der Waals surface area contributed by atoms with Crippen molar-refractivity contribution in [2.45, 2.75) is 226 Å². The second kappa shape index (κ2) is 54.4. The monoisotopic (exact) mass is 1690 g/mol. The summed E-state index contributed by atoms with van der Waals surface area (Å²) in [5, 5.41) is 0. The van der Waals surface area contributed by atoms with Crippen LogP contribution in [0.2, 0.25) is 0 Å². The molecule has 0 radical (unpaired) electrons. The van der Waals surface area contributed by atoms with Crippen LogP contribution in [0.15, 0.2) is 72.8 Å². The van der Waals surface area contributed by atoms with Crippen LogP contribution < -0.4 is 0 Å². The first-order valence-electron chi connectivity index (χ1n) is 34.8. The first kappa shape index (κ1) is 101. The van der Waals surface area contributed by atoms with Crippen LogP contribution in [0.1, 0.15) is 232 Å². The van der Waals surface area contributed by atoms with Gasteiger partial charge in [-0.3, -0.25) is 0 Å². The zero-order valence-corrected chi connectivity index (χ0v) is 76.9. The van der Waals surface area contributed by atoms with Crippen LogP contribution in [-0.2, 0) is 62.5 Å². The van der Waals surface area contributed by atoms with E-state index in [2.05, 4.69) is 226 Å². The summed E-state index contributed by atoms with van der Waals surface area (Å²) < 4.78 is 0. The first-order valence-corrected chi connectivity index (χ1v) is 54.7. The number of fused-ring (bicyclic) bond motifs is 3. The van der Waals surface area contributed by atoms with Gasteiger partial charge in [-0.1, -0.05) is 264 Å². The minimum absolute atomic E-state index is 0. The van der Waals surface area contributed by atoms with Crippen molar-refractivity contribution in [3.05, 3.63) is 129 Å². The van der Waals surface area contributed by atoms with E-state index in [1.165, 1.54) is 107 Å². The van der Waals surface area contributed by atoms with Gasteiger partial charge in [-0.05, 0) is 223 Å². The van der Waals surface area contributed by atoms with Gasteiger partial charge in [-0.15, -0.1) is 0 Å². The van der Waals surface area contributed by atoms with E-state index in [9.17, 15) is 0 Å². The molecule has 10 heteroatoms. The van der Waals surface area contributed by atoms with Gasteiger partial charge in [0.2, 0.25) is 0 Å². The molecule has 0 aromatic heterocycles. The fourth-order valence-corrected chi connectivity index (χ4v) is 19.5. The number of rotatable bonds is 4. The van der Waals surface area contributed by atoms with Crippen molar-refractivity contribution in [2.24, 2.45) is 154 Å². The van der Waals surface area contributed by atoms with Crippen LogP contribution in [0, 0.1) is 198 Å². The summed E-state index contributed by atoms with van der Waals surface area (Å²) in [6.07, 6.45) is 31.7. The van der Waals surface area contributed by atoms with Gasteiger partial charge in [0.1, 0.15) is 0 Å². The maximum atomic E-state index is 4.93. The fourth-order valence-electron chi connectivity index (χ4n) is 18.5. The van der Waals surface area contributed by atoms with Crippen molar-refractivity contribution in [3.63, 3.8) is 0 Å². The Hall–Kier alpha value is 2.79. The quantitative estimate of drug-likeness (QED) is 0.211. The molecule has 2 aromatic rings. The average molecular weight is 1700 g/mol. The van der Waals surface area contributed by atoms with Crippen molar-refractivity contribution in [1.29, 1.82) is 0 Å². The van der Waals surface area contributed by atoms with E-state index in [0.29, 0.717) is 0 Å². The number of allylic oxidation sites excluding steroid dienone is 2. The Morgan fingerprint density at radius 2 is 0.511 bits per heavy atom. The molecule has 9 saturated carbocycles. The van der Waals surface area contributed by atoms with E-state index in [1.807, 2.05) is 0 Å². The summed E-state index contributed by atoms with van der Waals surface area (Å²) in [6, 6.07) is 21.5. The molecule has 532 valence electrons. The van der Waals surface area contributed by atoms with E-state index >= 15 is 0 Å². The Morgan fingerprint density at radius 3 is 0.739 bits per heavy atom. The summed E-state index contributed by atoms with van der Waals surface area (Å²) in [6.45, 7) is 43.3. The number of hydrogen-bond acceptors (Lipinski definition) is 0. The van der Waals surface area contributed by atoms with Gasteiger partial charge in [0.05, 0.1) is 0 Å². The van der Waals surface area contributed by atoms with Gasteiger partial charge in [0.15, 0.2) is 0 Å². The predicted octanol–water partition coefficient (Wildman–Crippen LogP) is 30.3. The van der Waals surface area contributed by atoms with Gasteiger partial charge in [-0.25, -0.2) is 0 Å². The topological polar surface area (TPSA) is 0 Å². The van der Waals surface area contributed by atoms with Crippen molar-refractivity contribution in [2.75, 3.05) is 0 Å². The molecule has 0 aliphatic heterocycles. The predicted molar refractivity (Wildman–Crippen MR) is 419 cm³/mol. The molecule has 92 heavy (non-hydrogen) atoms. The molecule has 0 amide bonds. The third-order valence-corrected chi connectivity index (χ3v) is 27.0. The van der Waals surface area contributed by atoms with Gasteiger partial charge >= 0.3 is 114 Å². The molecule has 0 nitrogen and oxygen atoms in total. The Balaban J connectivity index is -0.000000494. The normalized spacial score (nSPS) is 38.5. The zero-order valence-electron chi connectivity index (χ0n) is 63.4. The van der Waals surface area contributed by atoms with E-state index in [1.54, 1.807) is 0 Å². The van der Waals surface area contributed by atoms with Gasteiger partial charge in [-0.2, -0.15) is 0 Å². The summed E-state index contributed by atoms with van der Waals surface area (Å²) >= 11 is 1.35. The Kier molecular flexibility index (Phi) is 59.9. The second-order valence-electron chi connectivity index (χ2n) is 30.3. The van der Waals surface area contributed by atoms with E-state index in [-0.39, 0.29) is 44.6 Å². The molecule has 0 heterocycles. The average Bonchev–Trinajstić information content (AvgIpc) is 3.37. The number of benzene rings is 2. The standard InChI is InChI=1S/2C18H24.C10H17Br.3C10H20.6CH3.6ClH.3Zr/c2*1-14-12-17-9-5-8-16(18(17)13-14)11-10-15-6-3-2-4-7-15;1-7-5-8-3-2-4-10(11)9(8)6-7;3*1-6-7(2)9(4)10(5)8(6)3;;;;;;;;;;;;;;;/h2*2-4,6-7,10-11,14,16-18H,5,8-9,12-13H2,1H3;7-10H,2-6H2,1H3;3*6-10H,1-5H3;6*1H3;6*1H;;;/q;;;;;;6*-1;;;;;;;3*+4/p-6/b11-10+;11-10-;;;;;;;;;;;;;;;;;;;. The molecule has 0 bridgehead atoms. The Morgan fingerprint density at radius 1 is 0.304 bits per heavy atom. The molecule has 9 fully saturated rings. The SMILES string of the molecule is CC1C(C)C(C)C(C)C1C.CC1C(C)C(C)C(C)C1C.CC1C(C)C(C)C(C)C1C.CC1CC2CCCC(/C=C/c3ccccc3)C2C1.CC1CC2CCCC(/C=C\c3ccccc3)C2C1.CC1CC2CCCC(Br)C2C1.[CH3-].[CH3-].[CH3-].[CH3-].[CH3-].[CH3-].[Cl][Zr+2][Cl].[Cl][Zr+2][Cl].[Cl][Zr+2][Cl]. The van der Waals surface area contributed by atoms with Gasteiger partial charge in [0.25, 0.3) is 0 Å². The molecule has 9 aliphatic carbocycles. The van der Waals surface area contributed by atoms with E-state index in [0.717, 1.165) is 159 Å². The molecule has 0 saturated heterocycles. The van der Waals surface area contributed by atoms with E-state index in [4.69, 9.17) is 51.1 Å². The molecule has 11 rings (SSSR count). The van der Waals surface area contributed by atoms with Crippen LogP contribution in [0.3, 0.4) is 0 Å². The van der Waals surface area contributed by atoms with Crippen LogP contribution in [-0.4, -0.2) is 4.83 Å². The summed E-state index contributed by atoms with van der Waals surface area (Å²) in [5.74, 6) is 24.8. The number of hydrogen-bond donors (Lipinski definition) is 0. The minimum atomic E-state index is -0.826. The molecule has 12 atom stereocenters. The third kappa shape index (κ3) is 32.6. The van der Waals surface area contributed by atoms with Crippen LogP contribution in [0.25, 0.3) is 12.2 Å². The van der Waals surface area contributed by atoms with Crippen LogP contribution >= 0.6 is 67.0 Å². The summed E-state index contributed by atoms with van der Waals surface area (Å²) in [7, 11) is 29.6. The van der Waals surface area contributed by atoms with Gasteiger partial charge < -0.3 is 44.6 Å². The first-order chi connectivity index (χ1) is 40.8. The molecular formula is C82H143BrCl6Zr3. The van der Waals surface area contributed by atoms with Crippen LogP contribution in [0.4, 0.5) is 0 Å². The second-order valence-corrected chi connectivity index (χ2v) is 42.7. The molecule has 12 unspecified atom stereocenters. The Labute approximate surface area is 642 Å². The van der Waals surface area contributed by atoms with Crippen molar-refractivity contribution in [1.82, 2.24) is 0 Å². The third-order valence-electron chi connectivity index (χ3n) is 25.9. The van der Waals surface area contributed by atoms with Crippen LogP contribution in [0.5, 0.6) is 0 Å². The zero-order chi connectivity index (χ0) is 64.4. The fraction of sp³-hybridized carbons (Fsp3) is 0.732. The van der Waals surface area contributed by atoms with E-state index < -0.39 is 62.5 Å². The molecule has 0 N–H and O–H groups in total.